The zero-order chi connectivity index (χ0) is 12.8. The maximum Gasteiger partial charge on any atom is 0.239 e. The first-order valence-corrected chi connectivity index (χ1v) is 5.75. The SMILES string of the molecule is Cc1ccc(F)c(NCC(=O)NCC(C)C)c1. The Morgan fingerprint density at radius 2 is 2.12 bits per heavy atom. The van der Waals surface area contributed by atoms with E-state index in [1.165, 1.54) is 6.07 Å². The average Bonchev–Trinajstić information content (AvgIpc) is 2.27. The van der Waals surface area contributed by atoms with Gasteiger partial charge in [0, 0.05) is 6.54 Å². The Morgan fingerprint density at radius 3 is 2.76 bits per heavy atom. The van der Waals surface area contributed by atoms with Gasteiger partial charge in [0.1, 0.15) is 5.82 Å². The van der Waals surface area contributed by atoms with E-state index in [0.29, 0.717) is 18.2 Å². The van der Waals surface area contributed by atoms with E-state index in [1.54, 1.807) is 12.1 Å². The highest BCUT2D eigenvalue weighted by molar-refractivity contribution is 5.80. The van der Waals surface area contributed by atoms with E-state index in [-0.39, 0.29) is 18.3 Å². The smallest absolute Gasteiger partial charge is 0.239 e. The van der Waals surface area contributed by atoms with Gasteiger partial charge in [-0.3, -0.25) is 4.79 Å². The van der Waals surface area contributed by atoms with Crippen molar-refractivity contribution in [3.63, 3.8) is 0 Å². The molecule has 0 saturated carbocycles. The highest BCUT2D eigenvalue weighted by Crippen LogP contribution is 2.14. The molecule has 0 radical (unpaired) electrons. The zero-order valence-corrected chi connectivity index (χ0v) is 10.5. The van der Waals surface area contributed by atoms with Crippen LogP contribution in [0.25, 0.3) is 0 Å². The summed E-state index contributed by atoms with van der Waals surface area (Å²) in [6, 6.07) is 4.77. The molecule has 0 aliphatic rings. The Bertz CT molecular complexity index is 391. The standard InChI is InChI=1S/C13H19FN2O/c1-9(2)7-16-13(17)8-15-12-6-10(3)4-5-11(12)14/h4-6,9,15H,7-8H2,1-3H3,(H,16,17). The first-order valence-electron chi connectivity index (χ1n) is 5.75. The quantitative estimate of drug-likeness (QED) is 0.826. The first-order chi connectivity index (χ1) is 7.99. The summed E-state index contributed by atoms with van der Waals surface area (Å²) in [7, 11) is 0. The molecule has 0 bridgehead atoms. The fourth-order valence-corrected chi connectivity index (χ4v) is 1.33. The highest BCUT2D eigenvalue weighted by Gasteiger charge is 2.05. The van der Waals surface area contributed by atoms with Crippen LogP contribution < -0.4 is 10.6 Å². The second-order valence-corrected chi connectivity index (χ2v) is 4.53. The third-order valence-corrected chi connectivity index (χ3v) is 2.27. The maximum absolute atomic E-state index is 13.3. The summed E-state index contributed by atoms with van der Waals surface area (Å²) in [5.74, 6) is -0.0541. The fraction of sp³-hybridized carbons (Fsp3) is 0.462. The van der Waals surface area contributed by atoms with Crippen molar-refractivity contribution in [3.05, 3.63) is 29.6 Å². The van der Waals surface area contributed by atoms with Gasteiger partial charge >= 0.3 is 0 Å². The number of aryl methyl sites for hydroxylation is 1. The third-order valence-electron chi connectivity index (χ3n) is 2.27. The number of hydrogen-bond donors (Lipinski definition) is 2. The van der Waals surface area contributed by atoms with Crippen LogP contribution in [0, 0.1) is 18.7 Å². The minimum absolute atomic E-state index is 0.0904. The van der Waals surface area contributed by atoms with Gasteiger partial charge < -0.3 is 10.6 Å². The second-order valence-electron chi connectivity index (χ2n) is 4.53. The van der Waals surface area contributed by atoms with Gasteiger partial charge in [0.05, 0.1) is 12.2 Å². The number of amides is 1. The Labute approximate surface area is 101 Å². The molecule has 0 saturated heterocycles. The van der Waals surface area contributed by atoms with Gasteiger partial charge in [-0.2, -0.15) is 0 Å². The number of rotatable bonds is 5. The molecule has 3 nitrogen and oxygen atoms in total. The largest absolute Gasteiger partial charge is 0.374 e. The van der Waals surface area contributed by atoms with E-state index in [1.807, 2.05) is 20.8 Å². The van der Waals surface area contributed by atoms with E-state index in [4.69, 9.17) is 0 Å². The van der Waals surface area contributed by atoms with Crippen molar-refractivity contribution >= 4 is 11.6 Å². The molecule has 0 heterocycles. The van der Waals surface area contributed by atoms with Crippen molar-refractivity contribution in [2.45, 2.75) is 20.8 Å². The molecule has 1 rings (SSSR count). The topological polar surface area (TPSA) is 41.1 Å². The van der Waals surface area contributed by atoms with Crippen LogP contribution in [-0.4, -0.2) is 19.0 Å². The van der Waals surface area contributed by atoms with Crippen molar-refractivity contribution < 1.29 is 9.18 Å². The van der Waals surface area contributed by atoms with Crippen molar-refractivity contribution in [2.75, 3.05) is 18.4 Å². The van der Waals surface area contributed by atoms with Crippen LogP contribution in [0.3, 0.4) is 0 Å². The average molecular weight is 238 g/mol. The van der Waals surface area contributed by atoms with Crippen LogP contribution in [0.5, 0.6) is 0 Å². The van der Waals surface area contributed by atoms with Gasteiger partial charge in [0.15, 0.2) is 0 Å². The number of halogens is 1. The van der Waals surface area contributed by atoms with Gasteiger partial charge in [-0.1, -0.05) is 19.9 Å². The normalized spacial score (nSPS) is 10.4. The summed E-state index contributed by atoms with van der Waals surface area (Å²) >= 11 is 0. The summed E-state index contributed by atoms with van der Waals surface area (Å²) in [6.07, 6.45) is 0. The molecular formula is C13H19FN2O. The summed E-state index contributed by atoms with van der Waals surface area (Å²) in [5, 5.41) is 5.55. The highest BCUT2D eigenvalue weighted by atomic mass is 19.1. The molecule has 0 fully saturated rings. The van der Waals surface area contributed by atoms with Crippen molar-refractivity contribution in [1.82, 2.24) is 5.32 Å². The second kappa shape index (κ2) is 6.23. The lowest BCUT2D eigenvalue weighted by atomic mass is 10.2. The number of benzene rings is 1. The molecule has 0 atom stereocenters. The third kappa shape index (κ3) is 4.85. The number of hydrogen-bond acceptors (Lipinski definition) is 2. The number of nitrogens with one attached hydrogen (secondary N) is 2. The van der Waals surface area contributed by atoms with Gasteiger partial charge in [-0.05, 0) is 30.5 Å². The molecule has 1 aromatic rings. The predicted octanol–water partition coefficient (Wildman–Crippen LogP) is 2.32. The molecule has 0 aliphatic carbocycles. The number of carbonyl (C=O) groups excluding carboxylic acids is 1. The van der Waals surface area contributed by atoms with Gasteiger partial charge in [-0.25, -0.2) is 4.39 Å². The van der Waals surface area contributed by atoms with Crippen LogP contribution >= 0.6 is 0 Å². The van der Waals surface area contributed by atoms with Gasteiger partial charge in [0.2, 0.25) is 5.91 Å². The van der Waals surface area contributed by atoms with Crippen molar-refractivity contribution in [2.24, 2.45) is 5.92 Å². The Morgan fingerprint density at radius 1 is 1.41 bits per heavy atom. The molecule has 2 N–H and O–H groups in total. The predicted molar refractivity (Wildman–Crippen MR) is 67.5 cm³/mol. The van der Waals surface area contributed by atoms with Gasteiger partial charge in [0.25, 0.3) is 0 Å². The lowest BCUT2D eigenvalue weighted by Gasteiger charge is -2.10. The first kappa shape index (κ1) is 13.5. The van der Waals surface area contributed by atoms with E-state index in [2.05, 4.69) is 10.6 Å². The molecule has 4 heteroatoms. The van der Waals surface area contributed by atoms with Crippen molar-refractivity contribution in [3.8, 4) is 0 Å². The summed E-state index contributed by atoms with van der Waals surface area (Å²) < 4.78 is 13.3. The lowest BCUT2D eigenvalue weighted by Crippen LogP contribution is -2.32. The van der Waals surface area contributed by atoms with Gasteiger partial charge in [-0.15, -0.1) is 0 Å². The molecular weight excluding hydrogens is 219 g/mol. The Hall–Kier alpha value is -1.58. The number of carbonyl (C=O) groups is 1. The van der Waals surface area contributed by atoms with Crippen LogP contribution in [0.15, 0.2) is 18.2 Å². The van der Waals surface area contributed by atoms with Crippen LogP contribution in [0.4, 0.5) is 10.1 Å². The molecule has 0 spiro atoms. The minimum atomic E-state index is -0.341. The summed E-state index contributed by atoms with van der Waals surface area (Å²) in [4.78, 5) is 11.4. The molecule has 0 aromatic heterocycles. The molecule has 1 aromatic carbocycles. The van der Waals surface area contributed by atoms with Crippen LogP contribution in [0.2, 0.25) is 0 Å². The van der Waals surface area contributed by atoms with Crippen molar-refractivity contribution in [1.29, 1.82) is 0 Å². The molecule has 94 valence electrons. The zero-order valence-electron chi connectivity index (χ0n) is 10.5. The van der Waals surface area contributed by atoms with E-state index in [0.717, 1.165) is 5.56 Å². The lowest BCUT2D eigenvalue weighted by molar-refractivity contribution is -0.119. The van der Waals surface area contributed by atoms with E-state index < -0.39 is 0 Å². The van der Waals surface area contributed by atoms with E-state index in [9.17, 15) is 9.18 Å². The van der Waals surface area contributed by atoms with Crippen LogP contribution in [0.1, 0.15) is 19.4 Å². The summed E-state index contributed by atoms with van der Waals surface area (Å²) in [6.45, 7) is 6.65. The monoisotopic (exact) mass is 238 g/mol. The molecule has 17 heavy (non-hydrogen) atoms. The fourth-order valence-electron chi connectivity index (χ4n) is 1.33. The molecule has 0 unspecified atom stereocenters. The Balaban J connectivity index is 2.44. The summed E-state index contributed by atoms with van der Waals surface area (Å²) in [5.41, 5.74) is 1.32. The maximum atomic E-state index is 13.3. The number of anilines is 1. The van der Waals surface area contributed by atoms with Crippen LogP contribution in [-0.2, 0) is 4.79 Å². The molecule has 1 amide bonds. The minimum Gasteiger partial charge on any atom is -0.374 e. The Kier molecular flexibility index (Phi) is 4.94. The van der Waals surface area contributed by atoms with E-state index >= 15 is 0 Å². The molecule has 0 aliphatic heterocycles.